The average molecular weight is 285 g/mol. The summed E-state index contributed by atoms with van der Waals surface area (Å²) in [5, 5.41) is 14.4. The summed E-state index contributed by atoms with van der Waals surface area (Å²) in [4.78, 5) is 25.2. The molecule has 116 valence electrons. The first-order valence-corrected chi connectivity index (χ1v) is 7.50. The van der Waals surface area contributed by atoms with Gasteiger partial charge in [-0.05, 0) is 25.3 Å². The number of urea groups is 1. The van der Waals surface area contributed by atoms with E-state index < -0.39 is 18.0 Å². The minimum absolute atomic E-state index is 0.0862. The Hall–Kier alpha value is -1.30. The van der Waals surface area contributed by atoms with Crippen LogP contribution in [0.3, 0.4) is 0 Å². The lowest BCUT2D eigenvalue weighted by molar-refractivity contribution is -0.140. The van der Waals surface area contributed by atoms with Crippen LogP contribution in [0.1, 0.15) is 40.0 Å². The molecule has 20 heavy (non-hydrogen) atoms. The van der Waals surface area contributed by atoms with E-state index in [2.05, 4.69) is 22.5 Å². The summed E-state index contributed by atoms with van der Waals surface area (Å²) < 4.78 is 0. The number of rotatable bonds is 9. The number of hydrogen-bond acceptors (Lipinski definition) is 3. The van der Waals surface area contributed by atoms with Crippen LogP contribution in [0, 0.1) is 5.92 Å². The van der Waals surface area contributed by atoms with Crippen LogP contribution in [-0.2, 0) is 4.79 Å². The van der Waals surface area contributed by atoms with E-state index in [1.807, 2.05) is 13.8 Å². The van der Waals surface area contributed by atoms with Crippen LogP contribution >= 0.6 is 0 Å². The van der Waals surface area contributed by atoms with Gasteiger partial charge >= 0.3 is 12.0 Å². The standard InChI is InChI=1S/C14H27N3O3/c1-4-10(3)12(13(18)19)16-14(20)15-8-9-17(5-2)11-6-7-11/h10-12H,4-9H2,1-3H3,(H,18,19)(H2,15,16,20). The topological polar surface area (TPSA) is 81.7 Å². The summed E-state index contributed by atoms with van der Waals surface area (Å²) in [7, 11) is 0. The minimum Gasteiger partial charge on any atom is -0.480 e. The third-order valence-electron chi connectivity index (χ3n) is 3.92. The molecule has 1 aliphatic rings. The summed E-state index contributed by atoms with van der Waals surface area (Å²) in [6.45, 7) is 8.19. The van der Waals surface area contributed by atoms with Gasteiger partial charge in [0.15, 0.2) is 0 Å². The molecule has 0 aliphatic heterocycles. The summed E-state index contributed by atoms with van der Waals surface area (Å²) in [5.41, 5.74) is 0. The molecule has 1 aliphatic carbocycles. The van der Waals surface area contributed by atoms with Gasteiger partial charge in [0.05, 0.1) is 0 Å². The summed E-state index contributed by atoms with van der Waals surface area (Å²) in [5.74, 6) is -1.07. The van der Waals surface area contributed by atoms with E-state index in [9.17, 15) is 9.59 Å². The van der Waals surface area contributed by atoms with Gasteiger partial charge in [-0.3, -0.25) is 4.90 Å². The van der Waals surface area contributed by atoms with Crippen molar-refractivity contribution in [3.63, 3.8) is 0 Å². The van der Waals surface area contributed by atoms with Gasteiger partial charge in [0.2, 0.25) is 0 Å². The quantitative estimate of drug-likeness (QED) is 0.596. The van der Waals surface area contributed by atoms with Crippen LogP contribution < -0.4 is 10.6 Å². The summed E-state index contributed by atoms with van der Waals surface area (Å²) in [6.07, 6.45) is 3.20. The van der Waals surface area contributed by atoms with E-state index in [1.54, 1.807) is 0 Å². The van der Waals surface area contributed by atoms with Crippen LogP contribution in [0.15, 0.2) is 0 Å². The first-order chi connectivity index (χ1) is 9.49. The molecular weight excluding hydrogens is 258 g/mol. The van der Waals surface area contributed by atoms with Crippen molar-refractivity contribution in [2.24, 2.45) is 5.92 Å². The molecule has 0 bridgehead atoms. The Morgan fingerprint density at radius 1 is 1.35 bits per heavy atom. The van der Waals surface area contributed by atoms with E-state index in [1.165, 1.54) is 12.8 Å². The Bertz CT molecular complexity index is 332. The third kappa shape index (κ3) is 5.36. The molecule has 0 radical (unpaired) electrons. The molecule has 0 spiro atoms. The van der Waals surface area contributed by atoms with Crippen molar-refractivity contribution in [3.05, 3.63) is 0 Å². The molecular formula is C14H27N3O3. The number of carboxylic acid groups (broad SMARTS) is 1. The highest BCUT2D eigenvalue weighted by molar-refractivity contribution is 5.82. The fraction of sp³-hybridized carbons (Fsp3) is 0.857. The van der Waals surface area contributed by atoms with Crippen molar-refractivity contribution in [3.8, 4) is 0 Å². The first-order valence-electron chi connectivity index (χ1n) is 7.50. The number of likely N-dealkylation sites (N-methyl/N-ethyl adjacent to an activating group) is 1. The fourth-order valence-corrected chi connectivity index (χ4v) is 2.23. The lowest BCUT2D eigenvalue weighted by Crippen LogP contribution is -2.50. The second-order valence-electron chi connectivity index (χ2n) is 5.46. The maximum Gasteiger partial charge on any atom is 0.326 e. The second-order valence-corrected chi connectivity index (χ2v) is 5.46. The minimum atomic E-state index is -0.984. The van der Waals surface area contributed by atoms with E-state index >= 15 is 0 Å². The Labute approximate surface area is 120 Å². The highest BCUT2D eigenvalue weighted by atomic mass is 16.4. The van der Waals surface area contributed by atoms with Gasteiger partial charge in [0, 0.05) is 19.1 Å². The van der Waals surface area contributed by atoms with Crippen molar-refractivity contribution in [2.75, 3.05) is 19.6 Å². The molecule has 1 fully saturated rings. The van der Waals surface area contributed by atoms with Gasteiger partial charge < -0.3 is 15.7 Å². The molecule has 6 heteroatoms. The SMILES string of the molecule is CCC(C)C(NC(=O)NCCN(CC)C1CC1)C(=O)O. The van der Waals surface area contributed by atoms with Crippen molar-refractivity contribution in [1.82, 2.24) is 15.5 Å². The van der Waals surface area contributed by atoms with Gasteiger partial charge in [0.25, 0.3) is 0 Å². The molecule has 0 saturated heterocycles. The lowest BCUT2D eigenvalue weighted by atomic mass is 9.99. The first kappa shape index (κ1) is 16.8. The van der Waals surface area contributed by atoms with Crippen LogP contribution in [0.25, 0.3) is 0 Å². The van der Waals surface area contributed by atoms with Crippen molar-refractivity contribution >= 4 is 12.0 Å². The predicted molar refractivity (Wildman–Crippen MR) is 77.7 cm³/mol. The Morgan fingerprint density at radius 3 is 2.45 bits per heavy atom. The van der Waals surface area contributed by atoms with Crippen LogP contribution in [0.4, 0.5) is 4.79 Å². The van der Waals surface area contributed by atoms with Gasteiger partial charge in [-0.1, -0.05) is 27.2 Å². The van der Waals surface area contributed by atoms with Gasteiger partial charge in [-0.15, -0.1) is 0 Å². The second kappa shape index (κ2) is 8.09. The number of nitrogens with one attached hydrogen (secondary N) is 2. The molecule has 2 unspecified atom stereocenters. The highest BCUT2D eigenvalue weighted by Crippen LogP contribution is 2.25. The maximum absolute atomic E-state index is 11.7. The molecule has 2 atom stereocenters. The molecule has 2 amide bonds. The molecule has 6 nitrogen and oxygen atoms in total. The van der Waals surface area contributed by atoms with Gasteiger partial charge in [-0.25, -0.2) is 9.59 Å². The normalized spacial score (nSPS) is 17.6. The number of carbonyl (C=O) groups excluding carboxylic acids is 1. The molecule has 0 heterocycles. The van der Waals surface area contributed by atoms with Gasteiger partial charge in [0.1, 0.15) is 6.04 Å². The average Bonchev–Trinajstić information content (AvgIpc) is 3.24. The van der Waals surface area contributed by atoms with E-state index in [0.29, 0.717) is 19.0 Å². The largest absolute Gasteiger partial charge is 0.480 e. The molecule has 3 N–H and O–H groups in total. The van der Waals surface area contributed by atoms with E-state index in [4.69, 9.17) is 5.11 Å². The van der Waals surface area contributed by atoms with Crippen molar-refractivity contribution in [2.45, 2.75) is 52.1 Å². The zero-order valence-corrected chi connectivity index (χ0v) is 12.7. The third-order valence-corrected chi connectivity index (χ3v) is 3.92. The lowest BCUT2D eigenvalue weighted by Gasteiger charge is -2.22. The summed E-state index contributed by atoms with van der Waals surface area (Å²) in [6, 6.07) is -0.549. The van der Waals surface area contributed by atoms with Crippen LogP contribution in [0.2, 0.25) is 0 Å². The number of nitrogens with zero attached hydrogens (tertiary/aromatic N) is 1. The Balaban J connectivity index is 2.28. The van der Waals surface area contributed by atoms with Gasteiger partial charge in [-0.2, -0.15) is 0 Å². The number of hydrogen-bond donors (Lipinski definition) is 3. The van der Waals surface area contributed by atoms with Crippen molar-refractivity contribution in [1.29, 1.82) is 0 Å². The maximum atomic E-state index is 11.7. The zero-order chi connectivity index (χ0) is 15.1. The Kier molecular flexibility index (Phi) is 6.78. The molecule has 0 aromatic rings. The molecule has 1 rings (SSSR count). The molecule has 1 saturated carbocycles. The van der Waals surface area contributed by atoms with Crippen molar-refractivity contribution < 1.29 is 14.7 Å². The summed E-state index contributed by atoms with van der Waals surface area (Å²) >= 11 is 0. The molecule has 0 aromatic heterocycles. The zero-order valence-electron chi connectivity index (χ0n) is 12.7. The fourth-order valence-electron chi connectivity index (χ4n) is 2.23. The number of amides is 2. The van der Waals surface area contributed by atoms with E-state index in [0.717, 1.165) is 13.1 Å². The molecule has 0 aromatic carbocycles. The van der Waals surface area contributed by atoms with Crippen LogP contribution in [-0.4, -0.2) is 53.7 Å². The predicted octanol–water partition coefficient (Wildman–Crippen LogP) is 1.27. The van der Waals surface area contributed by atoms with Crippen LogP contribution in [0.5, 0.6) is 0 Å². The smallest absolute Gasteiger partial charge is 0.326 e. The number of carboxylic acids is 1. The van der Waals surface area contributed by atoms with E-state index in [-0.39, 0.29) is 5.92 Å². The highest BCUT2D eigenvalue weighted by Gasteiger charge is 2.28. The monoisotopic (exact) mass is 285 g/mol. The number of carbonyl (C=O) groups is 2. The number of aliphatic carboxylic acids is 1. The Morgan fingerprint density at radius 2 is 2.00 bits per heavy atom.